The van der Waals surface area contributed by atoms with Crippen LogP contribution >= 0.6 is 0 Å². The standard InChI is InChI=1S/C32H39N3O4S/c1-24-18-19-25(2)30(22-24)35(40(38,39)29-16-8-5-9-17-29)23-31(36)34(21-20-27-12-6-4-7-13-27)26(3)32(37)33-28-14-10-11-15-28/h4-9,12-13,16-19,22,26,28H,10-11,14-15,20-21,23H2,1-3H3,(H,33,37)/t26-/m1/s1. The number of nitrogens with zero attached hydrogens (tertiary/aromatic N) is 2. The van der Waals surface area contributed by atoms with Gasteiger partial charge in [-0.3, -0.25) is 13.9 Å². The Labute approximate surface area is 238 Å². The van der Waals surface area contributed by atoms with Crippen molar-refractivity contribution in [3.63, 3.8) is 0 Å². The van der Waals surface area contributed by atoms with Crippen molar-refractivity contribution in [1.82, 2.24) is 10.2 Å². The first-order valence-corrected chi connectivity index (χ1v) is 15.4. The zero-order valence-corrected chi connectivity index (χ0v) is 24.4. The van der Waals surface area contributed by atoms with Crippen LogP contribution in [0.2, 0.25) is 0 Å². The Morgan fingerprint density at radius 1 is 0.925 bits per heavy atom. The molecule has 4 rings (SSSR count). The van der Waals surface area contributed by atoms with E-state index in [0.29, 0.717) is 12.1 Å². The fraction of sp³-hybridized carbons (Fsp3) is 0.375. The number of sulfonamides is 1. The second-order valence-corrected chi connectivity index (χ2v) is 12.5. The summed E-state index contributed by atoms with van der Waals surface area (Å²) in [4.78, 5) is 29.0. The lowest BCUT2D eigenvalue weighted by Gasteiger charge is -2.33. The van der Waals surface area contributed by atoms with E-state index in [-0.39, 0.29) is 23.4 Å². The highest BCUT2D eigenvalue weighted by atomic mass is 32.2. The summed E-state index contributed by atoms with van der Waals surface area (Å²) in [7, 11) is -4.07. The largest absolute Gasteiger partial charge is 0.352 e. The van der Waals surface area contributed by atoms with E-state index >= 15 is 0 Å². The predicted octanol–water partition coefficient (Wildman–Crippen LogP) is 5.02. The van der Waals surface area contributed by atoms with Gasteiger partial charge in [-0.1, -0.05) is 73.5 Å². The molecular weight excluding hydrogens is 522 g/mol. The zero-order chi connectivity index (χ0) is 28.7. The minimum absolute atomic E-state index is 0.103. The molecule has 3 aromatic carbocycles. The van der Waals surface area contributed by atoms with Gasteiger partial charge in [-0.15, -0.1) is 0 Å². The number of hydrogen-bond donors (Lipinski definition) is 1. The van der Waals surface area contributed by atoms with Gasteiger partial charge in [0.25, 0.3) is 10.0 Å². The molecule has 1 aliphatic rings. The Hall–Kier alpha value is -3.65. The monoisotopic (exact) mass is 561 g/mol. The summed E-state index contributed by atoms with van der Waals surface area (Å²) in [6, 6.07) is 22.8. The van der Waals surface area contributed by atoms with Gasteiger partial charge in [0, 0.05) is 12.6 Å². The van der Waals surface area contributed by atoms with Gasteiger partial charge in [-0.25, -0.2) is 8.42 Å². The van der Waals surface area contributed by atoms with E-state index in [4.69, 9.17) is 0 Å². The third-order valence-corrected chi connectivity index (χ3v) is 9.37. The van der Waals surface area contributed by atoms with Gasteiger partial charge >= 0.3 is 0 Å². The first-order valence-electron chi connectivity index (χ1n) is 14.0. The molecule has 0 radical (unpaired) electrons. The number of nitrogens with one attached hydrogen (secondary N) is 1. The van der Waals surface area contributed by atoms with Crippen molar-refractivity contribution in [3.05, 3.63) is 95.6 Å². The molecule has 1 saturated carbocycles. The second kappa shape index (κ2) is 13.1. The first-order chi connectivity index (χ1) is 19.2. The molecule has 40 heavy (non-hydrogen) atoms. The molecule has 0 unspecified atom stereocenters. The van der Waals surface area contributed by atoms with Crippen LogP contribution in [0.25, 0.3) is 0 Å². The van der Waals surface area contributed by atoms with Crippen molar-refractivity contribution in [3.8, 4) is 0 Å². The van der Waals surface area contributed by atoms with E-state index in [2.05, 4.69) is 5.32 Å². The molecule has 0 heterocycles. The molecule has 0 aliphatic heterocycles. The Bertz CT molecular complexity index is 1400. The maximum Gasteiger partial charge on any atom is 0.264 e. The molecule has 1 N–H and O–H groups in total. The molecule has 0 saturated heterocycles. The highest BCUT2D eigenvalue weighted by molar-refractivity contribution is 7.92. The number of carbonyl (C=O) groups is 2. The van der Waals surface area contributed by atoms with E-state index < -0.39 is 28.5 Å². The lowest BCUT2D eigenvalue weighted by atomic mass is 10.1. The second-order valence-electron chi connectivity index (χ2n) is 10.6. The van der Waals surface area contributed by atoms with Crippen molar-refractivity contribution < 1.29 is 18.0 Å². The van der Waals surface area contributed by atoms with Gasteiger partial charge < -0.3 is 10.2 Å². The highest BCUT2D eigenvalue weighted by Gasteiger charge is 2.33. The van der Waals surface area contributed by atoms with Crippen LogP contribution in [0.1, 0.15) is 49.3 Å². The molecule has 1 atom stereocenters. The van der Waals surface area contributed by atoms with E-state index in [0.717, 1.165) is 42.4 Å². The molecule has 0 aromatic heterocycles. The maximum absolute atomic E-state index is 14.0. The van der Waals surface area contributed by atoms with E-state index in [1.807, 2.05) is 56.3 Å². The van der Waals surface area contributed by atoms with Crippen LogP contribution in [0, 0.1) is 13.8 Å². The van der Waals surface area contributed by atoms with Gasteiger partial charge in [-0.2, -0.15) is 0 Å². The molecule has 1 fully saturated rings. The first kappa shape index (κ1) is 29.3. The number of anilines is 1. The topological polar surface area (TPSA) is 86.8 Å². The van der Waals surface area contributed by atoms with Crippen LogP contribution in [0.4, 0.5) is 5.69 Å². The molecule has 8 heteroatoms. The molecule has 3 aromatic rings. The zero-order valence-electron chi connectivity index (χ0n) is 23.5. The third-order valence-electron chi connectivity index (χ3n) is 7.60. The summed E-state index contributed by atoms with van der Waals surface area (Å²) in [5.41, 5.74) is 3.10. The van der Waals surface area contributed by atoms with Gasteiger partial charge in [-0.05, 0) is 74.9 Å². The molecule has 1 aliphatic carbocycles. The maximum atomic E-state index is 14.0. The lowest BCUT2D eigenvalue weighted by molar-refractivity contribution is -0.139. The fourth-order valence-corrected chi connectivity index (χ4v) is 6.67. The summed E-state index contributed by atoms with van der Waals surface area (Å²) >= 11 is 0. The van der Waals surface area contributed by atoms with Crippen molar-refractivity contribution in [2.24, 2.45) is 0 Å². The van der Waals surface area contributed by atoms with Crippen LogP contribution in [0.3, 0.4) is 0 Å². The van der Waals surface area contributed by atoms with E-state index in [1.54, 1.807) is 31.2 Å². The van der Waals surface area contributed by atoms with Gasteiger partial charge in [0.05, 0.1) is 10.6 Å². The van der Waals surface area contributed by atoms with Crippen LogP contribution in [-0.4, -0.2) is 50.3 Å². The summed E-state index contributed by atoms with van der Waals surface area (Å²) in [6.45, 7) is 5.31. The van der Waals surface area contributed by atoms with Crippen LogP contribution < -0.4 is 9.62 Å². The predicted molar refractivity (Wildman–Crippen MR) is 159 cm³/mol. The van der Waals surface area contributed by atoms with Crippen molar-refractivity contribution in [2.75, 3.05) is 17.4 Å². The van der Waals surface area contributed by atoms with Gasteiger partial charge in [0.2, 0.25) is 11.8 Å². The summed E-state index contributed by atoms with van der Waals surface area (Å²) in [6.07, 6.45) is 4.58. The quantitative estimate of drug-likeness (QED) is 0.356. The van der Waals surface area contributed by atoms with Gasteiger partial charge in [0.1, 0.15) is 12.6 Å². The van der Waals surface area contributed by atoms with Crippen LogP contribution in [0.15, 0.2) is 83.8 Å². The molecule has 0 spiro atoms. The Kier molecular flexibility index (Phi) is 9.63. The number of aryl methyl sites for hydroxylation is 2. The minimum Gasteiger partial charge on any atom is -0.352 e. The van der Waals surface area contributed by atoms with Crippen molar-refractivity contribution in [2.45, 2.75) is 69.9 Å². The third kappa shape index (κ3) is 7.10. The highest BCUT2D eigenvalue weighted by Crippen LogP contribution is 2.28. The molecule has 7 nitrogen and oxygen atoms in total. The summed E-state index contributed by atoms with van der Waals surface area (Å²) in [5.74, 6) is -0.636. The normalized spacial score (nSPS) is 14.5. The number of carbonyl (C=O) groups excluding carboxylic acids is 2. The Morgan fingerprint density at radius 2 is 1.55 bits per heavy atom. The van der Waals surface area contributed by atoms with E-state index in [9.17, 15) is 18.0 Å². The lowest BCUT2D eigenvalue weighted by Crippen LogP contribution is -2.53. The Morgan fingerprint density at radius 3 is 2.20 bits per heavy atom. The SMILES string of the molecule is Cc1ccc(C)c(N(CC(=O)N(CCc2ccccc2)[C@H](C)C(=O)NC2CCCC2)S(=O)(=O)c2ccccc2)c1. The number of benzene rings is 3. The van der Waals surface area contributed by atoms with Crippen LogP contribution in [-0.2, 0) is 26.0 Å². The van der Waals surface area contributed by atoms with Gasteiger partial charge in [0.15, 0.2) is 0 Å². The van der Waals surface area contributed by atoms with E-state index in [1.165, 1.54) is 21.3 Å². The average Bonchev–Trinajstić information content (AvgIpc) is 3.47. The van der Waals surface area contributed by atoms with Crippen LogP contribution in [0.5, 0.6) is 0 Å². The summed E-state index contributed by atoms with van der Waals surface area (Å²) in [5, 5.41) is 3.11. The molecule has 212 valence electrons. The number of amides is 2. The number of hydrogen-bond acceptors (Lipinski definition) is 4. The molecule has 0 bridgehead atoms. The smallest absolute Gasteiger partial charge is 0.264 e. The van der Waals surface area contributed by atoms with Crippen molar-refractivity contribution >= 4 is 27.5 Å². The summed E-state index contributed by atoms with van der Waals surface area (Å²) < 4.78 is 29.1. The Balaban J connectivity index is 1.66. The molecular formula is C32H39N3O4S. The average molecular weight is 562 g/mol. The number of rotatable bonds is 11. The fourth-order valence-electron chi connectivity index (χ4n) is 5.18. The molecule has 2 amide bonds. The minimum atomic E-state index is -4.07. The van der Waals surface area contributed by atoms with Crippen molar-refractivity contribution in [1.29, 1.82) is 0 Å².